The molecule has 3 aromatic carbocycles. The van der Waals surface area contributed by atoms with Crippen molar-refractivity contribution in [1.29, 1.82) is 0 Å². The third kappa shape index (κ3) is 4.03. The van der Waals surface area contributed by atoms with Gasteiger partial charge in [0, 0.05) is 7.05 Å². The molecule has 5 nitrogen and oxygen atoms in total. The smallest absolute Gasteiger partial charge is 0.260 e. The van der Waals surface area contributed by atoms with Crippen molar-refractivity contribution in [2.45, 2.75) is 13.0 Å². The van der Waals surface area contributed by atoms with Crippen LogP contribution in [0.25, 0.3) is 21.0 Å². The van der Waals surface area contributed by atoms with Crippen LogP contribution in [0.4, 0.5) is 0 Å². The van der Waals surface area contributed by atoms with E-state index in [1.165, 1.54) is 0 Å². The highest BCUT2D eigenvalue weighted by Gasteiger charge is 2.21. The first kappa shape index (κ1) is 19.2. The zero-order valence-electron chi connectivity index (χ0n) is 16.6. The number of hydrogen-bond acceptors (Lipinski definition) is 5. The molecule has 0 bridgehead atoms. The molecule has 0 spiro atoms. The highest BCUT2D eigenvalue weighted by atomic mass is 32.1. The fourth-order valence-corrected chi connectivity index (χ4v) is 4.18. The van der Waals surface area contributed by atoms with E-state index < -0.39 is 0 Å². The van der Waals surface area contributed by atoms with Crippen molar-refractivity contribution in [3.8, 4) is 11.5 Å². The van der Waals surface area contributed by atoms with Gasteiger partial charge in [0.05, 0.1) is 23.4 Å². The maximum absolute atomic E-state index is 12.7. The van der Waals surface area contributed by atoms with Crippen LogP contribution >= 0.6 is 11.3 Å². The second-order valence-corrected chi connectivity index (χ2v) is 7.93. The Morgan fingerprint density at radius 2 is 1.79 bits per heavy atom. The molecule has 0 aliphatic rings. The van der Waals surface area contributed by atoms with E-state index in [0.29, 0.717) is 5.75 Å². The van der Waals surface area contributed by atoms with Crippen LogP contribution in [0.2, 0.25) is 0 Å². The molecule has 1 amide bonds. The van der Waals surface area contributed by atoms with E-state index in [9.17, 15) is 4.79 Å². The maximum atomic E-state index is 12.7. The number of carbonyl (C=O) groups excluding carboxylic acids is 1. The van der Waals surface area contributed by atoms with Crippen LogP contribution in [0.3, 0.4) is 0 Å². The molecule has 29 heavy (non-hydrogen) atoms. The fourth-order valence-electron chi connectivity index (χ4n) is 3.12. The van der Waals surface area contributed by atoms with E-state index in [1.54, 1.807) is 30.4 Å². The first-order chi connectivity index (χ1) is 14.0. The van der Waals surface area contributed by atoms with Gasteiger partial charge in [-0.1, -0.05) is 24.3 Å². The molecule has 4 rings (SSSR count). The van der Waals surface area contributed by atoms with Crippen LogP contribution in [0.15, 0.2) is 60.7 Å². The largest absolute Gasteiger partial charge is 0.497 e. The normalized spacial score (nSPS) is 12.1. The van der Waals surface area contributed by atoms with Gasteiger partial charge in [-0.3, -0.25) is 4.79 Å². The predicted molar refractivity (Wildman–Crippen MR) is 117 cm³/mol. The molecule has 1 atom stereocenters. The quantitative estimate of drug-likeness (QED) is 0.449. The van der Waals surface area contributed by atoms with Gasteiger partial charge in [0.15, 0.2) is 6.61 Å². The monoisotopic (exact) mass is 406 g/mol. The molecular weight excluding hydrogens is 384 g/mol. The van der Waals surface area contributed by atoms with Crippen LogP contribution in [-0.4, -0.2) is 36.6 Å². The van der Waals surface area contributed by atoms with Gasteiger partial charge in [-0.15, -0.1) is 11.3 Å². The predicted octanol–water partition coefficient (Wildman–Crippen LogP) is 5.06. The fraction of sp³-hybridized carbons (Fsp3) is 0.217. The number of para-hydroxylation sites is 1. The average molecular weight is 407 g/mol. The third-order valence-electron chi connectivity index (χ3n) is 5.02. The summed E-state index contributed by atoms with van der Waals surface area (Å²) >= 11 is 1.61. The number of carbonyl (C=O) groups is 1. The number of methoxy groups -OCH3 is 1. The molecule has 1 heterocycles. The molecule has 0 unspecified atom stereocenters. The highest BCUT2D eigenvalue weighted by Crippen LogP contribution is 2.29. The first-order valence-corrected chi connectivity index (χ1v) is 10.2. The Hall–Kier alpha value is -3.12. The van der Waals surface area contributed by atoms with E-state index in [-0.39, 0.29) is 18.6 Å². The SMILES string of the molecule is COc1ccc2ccc(OCC(=O)N(C)[C@H](C)c3nc4ccccc4s3)cc2c1. The number of aromatic nitrogens is 1. The Morgan fingerprint density at radius 3 is 2.55 bits per heavy atom. The number of thiazole rings is 1. The summed E-state index contributed by atoms with van der Waals surface area (Å²) in [4.78, 5) is 19.0. The minimum Gasteiger partial charge on any atom is -0.497 e. The summed E-state index contributed by atoms with van der Waals surface area (Å²) in [6.45, 7) is 1.96. The van der Waals surface area contributed by atoms with E-state index >= 15 is 0 Å². The first-order valence-electron chi connectivity index (χ1n) is 9.37. The van der Waals surface area contributed by atoms with Gasteiger partial charge >= 0.3 is 0 Å². The van der Waals surface area contributed by atoms with E-state index in [2.05, 4.69) is 4.98 Å². The Labute approximate surface area is 173 Å². The van der Waals surface area contributed by atoms with E-state index in [4.69, 9.17) is 9.47 Å². The van der Waals surface area contributed by atoms with Crippen molar-refractivity contribution in [1.82, 2.24) is 9.88 Å². The average Bonchev–Trinajstić information content (AvgIpc) is 3.20. The molecule has 0 aliphatic carbocycles. The number of benzene rings is 3. The summed E-state index contributed by atoms with van der Waals surface area (Å²) in [6.07, 6.45) is 0. The number of likely N-dealkylation sites (N-methyl/N-ethyl adjacent to an activating group) is 1. The van der Waals surface area contributed by atoms with Gasteiger partial charge in [0.2, 0.25) is 0 Å². The number of fused-ring (bicyclic) bond motifs is 2. The second-order valence-electron chi connectivity index (χ2n) is 6.86. The number of rotatable bonds is 6. The van der Waals surface area contributed by atoms with Crippen molar-refractivity contribution in [2.75, 3.05) is 20.8 Å². The highest BCUT2D eigenvalue weighted by molar-refractivity contribution is 7.18. The van der Waals surface area contributed by atoms with Crippen LogP contribution in [0, 0.1) is 0 Å². The molecule has 0 saturated heterocycles. The molecule has 148 valence electrons. The van der Waals surface area contributed by atoms with Crippen molar-refractivity contribution < 1.29 is 14.3 Å². The van der Waals surface area contributed by atoms with Gasteiger partial charge in [0.1, 0.15) is 16.5 Å². The Bertz CT molecular complexity index is 1140. The van der Waals surface area contributed by atoms with Crippen LogP contribution < -0.4 is 9.47 Å². The van der Waals surface area contributed by atoms with Gasteiger partial charge < -0.3 is 14.4 Å². The summed E-state index contributed by atoms with van der Waals surface area (Å²) in [5, 5.41) is 3.01. The van der Waals surface area contributed by atoms with E-state index in [0.717, 1.165) is 31.7 Å². The lowest BCUT2D eigenvalue weighted by Crippen LogP contribution is -2.33. The topological polar surface area (TPSA) is 51.7 Å². The van der Waals surface area contributed by atoms with Crippen molar-refractivity contribution in [3.63, 3.8) is 0 Å². The lowest BCUT2D eigenvalue weighted by atomic mass is 10.1. The standard InChI is InChI=1S/C23H22N2O3S/c1-15(23-24-20-6-4-5-7-21(20)29-23)25(2)22(26)14-28-19-11-9-16-8-10-18(27-3)12-17(16)13-19/h4-13,15H,14H2,1-3H3/t15-/m1/s1. The number of hydrogen-bond donors (Lipinski definition) is 0. The summed E-state index contributed by atoms with van der Waals surface area (Å²) in [5.74, 6) is 1.35. The van der Waals surface area contributed by atoms with Gasteiger partial charge in [-0.05, 0) is 54.1 Å². The van der Waals surface area contributed by atoms with Crippen molar-refractivity contribution in [3.05, 3.63) is 65.7 Å². The van der Waals surface area contributed by atoms with Crippen LogP contribution in [0.5, 0.6) is 11.5 Å². The molecule has 0 radical (unpaired) electrons. The summed E-state index contributed by atoms with van der Waals surface area (Å²) in [7, 11) is 3.43. The number of amides is 1. The lowest BCUT2D eigenvalue weighted by Gasteiger charge is -2.23. The Morgan fingerprint density at radius 1 is 1.07 bits per heavy atom. The van der Waals surface area contributed by atoms with Gasteiger partial charge in [-0.2, -0.15) is 0 Å². The number of ether oxygens (including phenoxy) is 2. The molecule has 0 N–H and O–H groups in total. The molecule has 6 heteroatoms. The molecule has 0 fully saturated rings. The molecule has 4 aromatic rings. The third-order valence-corrected chi connectivity index (χ3v) is 6.23. The van der Waals surface area contributed by atoms with Gasteiger partial charge in [-0.25, -0.2) is 4.98 Å². The maximum Gasteiger partial charge on any atom is 0.260 e. The second kappa shape index (κ2) is 8.09. The molecular formula is C23H22N2O3S. The summed E-state index contributed by atoms with van der Waals surface area (Å²) < 4.78 is 12.2. The zero-order valence-corrected chi connectivity index (χ0v) is 17.4. The Kier molecular flexibility index (Phi) is 5.36. The molecule has 0 aliphatic heterocycles. The molecule has 1 aromatic heterocycles. The van der Waals surface area contributed by atoms with Crippen LogP contribution in [0.1, 0.15) is 18.0 Å². The Balaban J connectivity index is 1.43. The van der Waals surface area contributed by atoms with Gasteiger partial charge in [0.25, 0.3) is 5.91 Å². The van der Waals surface area contributed by atoms with E-state index in [1.807, 2.05) is 67.6 Å². The van der Waals surface area contributed by atoms with Crippen LogP contribution in [-0.2, 0) is 4.79 Å². The minimum absolute atomic E-state index is 0.0266. The van der Waals surface area contributed by atoms with Crippen molar-refractivity contribution in [2.24, 2.45) is 0 Å². The van der Waals surface area contributed by atoms with Crippen molar-refractivity contribution >= 4 is 38.2 Å². The number of nitrogens with zero attached hydrogens (tertiary/aromatic N) is 2. The minimum atomic E-state index is -0.121. The summed E-state index contributed by atoms with van der Waals surface area (Å²) in [6, 6.07) is 19.5. The lowest BCUT2D eigenvalue weighted by molar-refractivity contribution is -0.134. The zero-order chi connectivity index (χ0) is 20.4. The molecule has 0 saturated carbocycles. The summed E-state index contributed by atoms with van der Waals surface area (Å²) in [5.41, 5.74) is 0.961.